The molecule has 1 aromatic rings. The van der Waals surface area contributed by atoms with Crippen molar-refractivity contribution in [1.29, 1.82) is 0 Å². The van der Waals surface area contributed by atoms with Gasteiger partial charge in [0.15, 0.2) is 0 Å². The van der Waals surface area contributed by atoms with Gasteiger partial charge in [-0.3, -0.25) is 0 Å². The summed E-state index contributed by atoms with van der Waals surface area (Å²) >= 11 is 6.45. The Morgan fingerprint density at radius 3 is 2.76 bits per heavy atom. The number of methoxy groups -OCH3 is 1. The van der Waals surface area contributed by atoms with Gasteiger partial charge in [-0.2, -0.15) is 0 Å². The summed E-state index contributed by atoms with van der Waals surface area (Å²) in [6.45, 7) is 8.00. The Kier molecular flexibility index (Phi) is 6.34. The fourth-order valence-electron chi connectivity index (χ4n) is 2.60. The molecule has 4 heteroatoms. The molecule has 3 nitrogen and oxygen atoms in total. The summed E-state index contributed by atoms with van der Waals surface area (Å²) in [5, 5.41) is 4.27. The Morgan fingerprint density at radius 2 is 2.14 bits per heavy atom. The fourth-order valence-corrected chi connectivity index (χ4v) is 2.84. The summed E-state index contributed by atoms with van der Waals surface area (Å²) in [6.07, 6.45) is 2.60. The third kappa shape index (κ3) is 4.87. The van der Waals surface area contributed by atoms with Gasteiger partial charge in [0.2, 0.25) is 0 Å². The van der Waals surface area contributed by atoms with Gasteiger partial charge in [-0.1, -0.05) is 31.5 Å². The van der Waals surface area contributed by atoms with Crippen LogP contribution in [0.2, 0.25) is 5.02 Å². The highest BCUT2D eigenvalue weighted by molar-refractivity contribution is 6.31. The van der Waals surface area contributed by atoms with E-state index in [-0.39, 0.29) is 0 Å². The molecule has 0 bridgehead atoms. The Labute approximate surface area is 133 Å². The largest absolute Gasteiger partial charge is 0.383 e. The van der Waals surface area contributed by atoms with Crippen molar-refractivity contribution in [2.45, 2.75) is 39.3 Å². The van der Waals surface area contributed by atoms with Crippen molar-refractivity contribution in [3.63, 3.8) is 0 Å². The summed E-state index contributed by atoms with van der Waals surface area (Å²) in [5.41, 5.74) is 2.51. The molecule has 0 aromatic heterocycles. The minimum absolute atomic E-state index is 0.652. The van der Waals surface area contributed by atoms with Crippen LogP contribution in [0.4, 0.5) is 5.69 Å². The first-order valence-electron chi connectivity index (χ1n) is 7.87. The molecule has 1 aliphatic carbocycles. The van der Waals surface area contributed by atoms with Crippen LogP contribution in [0.25, 0.3) is 0 Å². The molecule has 1 aromatic carbocycles. The standard InChI is InChI=1S/C17H27ClN2O/c1-13(2)12-20(14-7-8-14)17-6-4-5-16(18)15(17)11-19-9-10-21-3/h4-6,13-14,19H,7-12H2,1-3H3. The van der Waals surface area contributed by atoms with Crippen LogP contribution in [0, 0.1) is 5.92 Å². The van der Waals surface area contributed by atoms with Gasteiger partial charge in [-0.05, 0) is 30.9 Å². The highest BCUT2D eigenvalue weighted by atomic mass is 35.5. The van der Waals surface area contributed by atoms with Crippen molar-refractivity contribution >= 4 is 17.3 Å². The maximum atomic E-state index is 6.45. The minimum Gasteiger partial charge on any atom is -0.383 e. The van der Waals surface area contributed by atoms with Gasteiger partial charge >= 0.3 is 0 Å². The first kappa shape index (κ1) is 16.6. The topological polar surface area (TPSA) is 24.5 Å². The van der Waals surface area contributed by atoms with E-state index in [1.54, 1.807) is 7.11 Å². The highest BCUT2D eigenvalue weighted by Crippen LogP contribution is 2.36. The van der Waals surface area contributed by atoms with E-state index in [2.05, 4.69) is 36.2 Å². The summed E-state index contributed by atoms with van der Waals surface area (Å²) in [4.78, 5) is 2.55. The third-order valence-electron chi connectivity index (χ3n) is 3.74. The van der Waals surface area contributed by atoms with Crippen molar-refractivity contribution in [3.8, 4) is 0 Å². The van der Waals surface area contributed by atoms with Crippen LogP contribution >= 0.6 is 11.6 Å². The minimum atomic E-state index is 0.652. The maximum Gasteiger partial charge on any atom is 0.0587 e. The third-order valence-corrected chi connectivity index (χ3v) is 4.09. The van der Waals surface area contributed by atoms with E-state index in [9.17, 15) is 0 Å². The lowest BCUT2D eigenvalue weighted by molar-refractivity contribution is 0.199. The van der Waals surface area contributed by atoms with Crippen molar-refractivity contribution < 1.29 is 4.74 Å². The monoisotopic (exact) mass is 310 g/mol. The molecule has 0 saturated heterocycles. The molecule has 2 rings (SSSR count). The number of halogens is 1. The number of nitrogens with one attached hydrogen (secondary N) is 1. The van der Waals surface area contributed by atoms with Crippen LogP contribution in [0.15, 0.2) is 18.2 Å². The van der Waals surface area contributed by atoms with Crippen molar-refractivity contribution in [2.24, 2.45) is 5.92 Å². The van der Waals surface area contributed by atoms with Crippen molar-refractivity contribution in [2.75, 3.05) is 31.7 Å². The molecular weight excluding hydrogens is 284 g/mol. The Hall–Kier alpha value is -0.770. The van der Waals surface area contributed by atoms with E-state index in [0.717, 1.165) is 31.3 Å². The lowest BCUT2D eigenvalue weighted by Gasteiger charge is -2.29. The maximum absolute atomic E-state index is 6.45. The number of hydrogen-bond acceptors (Lipinski definition) is 3. The SMILES string of the molecule is COCCNCc1c(Cl)cccc1N(CC(C)C)C1CC1. The molecule has 0 spiro atoms. The summed E-state index contributed by atoms with van der Waals surface area (Å²) < 4.78 is 5.08. The molecule has 0 amide bonds. The van der Waals surface area contributed by atoms with Gasteiger partial charge in [-0.25, -0.2) is 0 Å². The Morgan fingerprint density at radius 1 is 1.38 bits per heavy atom. The van der Waals surface area contributed by atoms with Crippen LogP contribution in [0.1, 0.15) is 32.3 Å². The smallest absolute Gasteiger partial charge is 0.0587 e. The van der Waals surface area contributed by atoms with Crippen LogP contribution in [-0.4, -0.2) is 32.8 Å². The molecule has 1 fully saturated rings. The molecule has 1 saturated carbocycles. The zero-order chi connectivity index (χ0) is 15.2. The second-order valence-corrected chi connectivity index (χ2v) is 6.59. The Balaban J connectivity index is 2.14. The van der Waals surface area contributed by atoms with Crippen LogP contribution in [-0.2, 0) is 11.3 Å². The molecule has 0 radical (unpaired) electrons. The first-order valence-corrected chi connectivity index (χ1v) is 8.25. The van der Waals surface area contributed by atoms with Crippen molar-refractivity contribution in [1.82, 2.24) is 5.32 Å². The molecule has 118 valence electrons. The predicted molar refractivity (Wildman–Crippen MR) is 90.2 cm³/mol. The van der Waals surface area contributed by atoms with Crippen LogP contribution in [0.3, 0.4) is 0 Å². The number of nitrogens with zero attached hydrogens (tertiary/aromatic N) is 1. The second-order valence-electron chi connectivity index (χ2n) is 6.18. The fraction of sp³-hybridized carbons (Fsp3) is 0.647. The molecule has 1 N–H and O–H groups in total. The highest BCUT2D eigenvalue weighted by Gasteiger charge is 2.31. The second kappa shape index (κ2) is 8.02. The zero-order valence-electron chi connectivity index (χ0n) is 13.4. The molecule has 21 heavy (non-hydrogen) atoms. The van der Waals surface area contributed by atoms with E-state index < -0.39 is 0 Å². The average molecular weight is 311 g/mol. The summed E-state index contributed by atoms with van der Waals surface area (Å²) in [7, 11) is 1.72. The number of ether oxygens (including phenoxy) is 1. The van der Waals surface area contributed by atoms with Gasteiger partial charge in [-0.15, -0.1) is 0 Å². The van der Waals surface area contributed by atoms with E-state index >= 15 is 0 Å². The number of rotatable bonds is 9. The lowest BCUT2D eigenvalue weighted by Crippen LogP contribution is -2.31. The molecule has 0 atom stereocenters. The number of hydrogen-bond donors (Lipinski definition) is 1. The molecule has 0 aliphatic heterocycles. The van der Waals surface area contributed by atoms with E-state index in [1.165, 1.54) is 24.1 Å². The van der Waals surface area contributed by atoms with Crippen LogP contribution in [0.5, 0.6) is 0 Å². The van der Waals surface area contributed by atoms with Gasteiger partial charge in [0.05, 0.1) is 6.61 Å². The van der Waals surface area contributed by atoms with E-state index in [1.807, 2.05) is 6.07 Å². The molecule has 0 heterocycles. The molecule has 1 aliphatic rings. The number of benzene rings is 1. The predicted octanol–water partition coefficient (Wildman–Crippen LogP) is 3.70. The van der Waals surface area contributed by atoms with E-state index in [0.29, 0.717) is 12.0 Å². The normalized spacial score (nSPS) is 14.7. The molecule has 0 unspecified atom stereocenters. The van der Waals surface area contributed by atoms with Gasteiger partial charge in [0.25, 0.3) is 0 Å². The van der Waals surface area contributed by atoms with E-state index in [4.69, 9.17) is 16.3 Å². The number of anilines is 1. The van der Waals surface area contributed by atoms with Gasteiger partial charge < -0.3 is 15.0 Å². The Bertz CT molecular complexity index is 446. The van der Waals surface area contributed by atoms with Crippen molar-refractivity contribution in [3.05, 3.63) is 28.8 Å². The van der Waals surface area contributed by atoms with Crippen LogP contribution < -0.4 is 10.2 Å². The summed E-state index contributed by atoms with van der Waals surface area (Å²) in [6, 6.07) is 6.95. The van der Waals surface area contributed by atoms with Gasteiger partial charge in [0, 0.05) is 49.1 Å². The van der Waals surface area contributed by atoms with Gasteiger partial charge in [0.1, 0.15) is 0 Å². The zero-order valence-corrected chi connectivity index (χ0v) is 14.1. The average Bonchev–Trinajstić information content (AvgIpc) is 3.26. The first-order chi connectivity index (χ1) is 10.1. The lowest BCUT2D eigenvalue weighted by atomic mass is 10.1. The summed E-state index contributed by atoms with van der Waals surface area (Å²) in [5.74, 6) is 0.652. The quantitative estimate of drug-likeness (QED) is 0.704. The molecular formula is C17H27ClN2O.